The van der Waals surface area contributed by atoms with Crippen molar-refractivity contribution >= 4 is 11.6 Å². The van der Waals surface area contributed by atoms with E-state index in [1.54, 1.807) is 6.20 Å². The number of ether oxygens (including phenoxy) is 1. The lowest BCUT2D eigenvalue weighted by Crippen LogP contribution is -2.37. The first-order valence-corrected chi connectivity index (χ1v) is 7.41. The molecule has 0 saturated carbocycles. The smallest absolute Gasteiger partial charge is 0.255 e. The summed E-state index contributed by atoms with van der Waals surface area (Å²) in [6.45, 7) is 4.96. The molecule has 0 N–H and O–H groups in total. The summed E-state index contributed by atoms with van der Waals surface area (Å²) in [7, 11) is 0. The summed E-state index contributed by atoms with van der Waals surface area (Å²) in [6.07, 6.45) is 6.97. The third-order valence-corrected chi connectivity index (χ3v) is 3.99. The van der Waals surface area contributed by atoms with E-state index in [0.717, 1.165) is 57.9 Å². The number of aromatic nitrogens is 1. The number of pyridine rings is 1. The molecule has 2 aliphatic heterocycles. The van der Waals surface area contributed by atoms with Crippen LogP contribution in [0.15, 0.2) is 18.5 Å². The monoisotopic (exact) mass is 275 g/mol. The summed E-state index contributed by atoms with van der Waals surface area (Å²) in [6, 6.07) is 1.97. The van der Waals surface area contributed by atoms with Gasteiger partial charge in [0.2, 0.25) is 0 Å². The van der Waals surface area contributed by atoms with Gasteiger partial charge in [0.15, 0.2) is 0 Å². The number of carbonyl (C=O) groups excluding carboxylic acids is 1. The van der Waals surface area contributed by atoms with E-state index in [9.17, 15) is 4.79 Å². The SMILES string of the molecule is O=C(c1cncc(N2CCOCC2)c1)N1CCCCC1. The lowest BCUT2D eigenvalue weighted by atomic mass is 10.1. The van der Waals surface area contributed by atoms with E-state index in [0.29, 0.717) is 5.56 Å². The zero-order valence-electron chi connectivity index (χ0n) is 11.8. The Morgan fingerprint density at radius 3 is 2.55 bits per heavy atom. The predicted molar refractivity (Wildman–Crippen MR) is 77.0 cm³/mol. The number of rotatable bonds is 2. The highest BCUT2D eigenvalue weighted by atomic mass is 16.5. The molecule has 1 aromatic heterocycles. The molecule has 0 spiro atoms. The van der Waals surface area contributed by atoms with E-state index in [1.165, 1.54) is 6.42 Å². The standard InChI is InChI=1S/C15H21N3O2/c19-15(18-4-2-1-3-5-18)13-10-14(12-16-11-13)17-6-8-20-9-7-17/h10-12H,1-9H2. The third-order valence-electron chi connectivity index (χ3n) is 3.99. The minimum Gasteiger partial charge on any atom is -0.378 e. The maximum atomic E-state index is 12.5. The number of carbonyl (C=O) groups is 1. The molecule has 20 heavy (non-hydrogen) atoms. The van der Waals surface area contributed by atoms with Crippen molar-refractivity contribution in [2.45, 2.75) is 19.3 Å². The molecule has 2 saturated heterocycles. The Hall–Kier alpha value is -1.62. The molecule has 0 radical (unpaired) electrons. The van der Waals surface area contributed by atoms with Crippen LogP contribution in [-0.2, 0) is 4.74 Å². The molecular formula is C15H21N3O2. The maximum Gasteiger partial charge on any atom is 0.255 e. The van der Waals surface area contributed by atoms with Crippen molar-refractivity contribution in [2.24, 2.45) is 0 Å². The Morgan fingerprint density at radius 2 is 1.80 bits per heavy atom. The molecule has 108 valence electrons. The maximum absolute atomic E-state index is 12.5. The third kappa shape index (κ3) is 2.93. The molecule has 5 nitrogen and oxygen atoms in total. The minimum atomic E-state index is 0.118. The summed E-state index contributed by atoms with van der Waals surface area (Å²) in [5, 5.41) is 0. The molecule has 0 atom stereocenters. The van der Waals surface area contributed by atoms with Crippen LogP contribution in [0.4, 0.5) is 5.69 Å². The fourth-order valence-corrected chi connectivity index (χ4v) is 2.82. The van der Waals surface area contributed by atoms with Gasteiger partial charge in [0.25, 0.3) is 5.91 Å². The Morgan fingerprint density at radius 1 is 1.05 bits per heavy atom. The summed E-state index contributed by atoms with van der Waals surface area (Å²) in [5.74, 6) is 0.118. The van der Waals surface area contributed by atoms with Crippen molar-refractivity contribution < 1.29 is 9.53 Å². The average molecular weight is 275 g/mol. The lowest BCUT2D eigenvalue weighted by molar-refractivity contribution is 0.0724. The van der Waals surface area contributed by atoms with Crippen molar-refractivity contribution in [3.05, 3.63) is 24.0 Å². The molecule has 0 aromatic carbocycles. The van der Waals surface area contributed by atoms with Gasteiger partial charge >= 0.3 is 0 Å². The van der Waals surface area contributed by atoms with Crippen LogP contribution in [0.3, 0.4) is 0 Å². The number of nitrogens with zero attached hydrogens (tertiary/aromatic N) is 3. The highest BCUT2D eigenvalue weighted by Gasteiger charge is 2.20. The van der Waals surface area contributed by atoms with Crippen LogP contribution in [0, 0.1) is 0 Å². The molecular weight excluding hydrogens is 254 g/mol. The fourth-order valence-electron chi connectivity index (χ4n) is 2.82. The van der Waals surface area contributed by atoms with Gasteiger partial charge in [-0.3, -0.25) is 9.78 Å². The molecule has 2 fully saturated rings. The average Bonchev–Trinajstić information content (AvgIpc) is 2.56. The Labute approximate surface area is 119 Å². The van der Waals surface area contributed by atoms with E-state index in [1.807, 2.05) is 17.2 Å². The largest absolute Gasteiger partial charge is 0.378 e. The van der Waals surface area contributed by atoms with E-state index >= 15 is 0 Å². The molecule has 1 aromatic rings. The second-order valence-electron chi connectivity index (χ2n) is 5.38. The van der Waals surface area contributed by atoms with E-state index in [4.69, 9.17) is 4.74 Å². The zero-order valence-corrected chi connectivity index (χ0v) is 11.8. The normalized spacial score (nSPS) is 20.0. The first kappa shape index (κ1) is 13.4. The molecule has 3 rings (SSSR count). The van der Waals surface area contributed by atoms with Crippen molar-refractivity contribution in [2.75, 3.05) is 44.3 Å². The van der Waals surface area contributed by atoms with Gasteiger partial charge < -0.3 is 14.5 Å². The number of hydrogen-bond acceptors (Lipinski definition) is 4. The highest BCUT2D eigenvalue weighted by molar-refractivity contribution is 5.94. The van der Waals surface area contributed by atoms with E-state index < -0.39 is 0 Å². The number of amides is 1. The van der Waals surface area contributed by atoms with Crippen LogP contribution < -0.4 is 4.90 Å². The number of anilines is 1. The number of likely N-dealkylation sites (tertiary alicyclic amines) is 1. The summed E-state index contributed by atoms with van der Waals surface area (Å²) in [4.78, 5) is 20.9. The van der Waals surface area contributed by atoms with Crippen LogP contribution in [0.1, 0.15) is 29.6 Å². The first-order chi connectivity index (χ1) is 9.84. The molecule has 0 bridgehead atoms. The van der Waals surface area contributed by atoms with Gasteiger partial charge in [0.05, 0.1) is 30.7 Å². The molecule has 1 amide bonds. The van der Waals surface area contributed by atoms with E-state index in [2.05, 4.69) is 9.88 Å². The van der Waals surface area contributed by atoms with Gasteiger partial charge in [0, 0.05) is 32.4 Å². The predicted octanol–water partition coefficient (Wildman–Crippen LogP) is 1.54. The molecule has 0 unspecified atom stereocenters. The second-order valence-corrected chi connectivity index (χ2v) is 5.38. The zero-order chi connectivity index (χ0) is 13.8. The summed E-state index contributed by atoms with van der Waals surface area (Å²) in [5.41, 5.74) is 1.73. The van der Waals surface area contributed by atoms with Crippen molar-refractivity contribution in [3.8, 4) is 0 Å². The summed E-state index contributed by atoms with van der Waals surface area (Å²) < 4.78 is 5.36. The second kappa shape index (κ2) is 6.22. The van der Waals surface area contributed by atoms with Crippen LogP contribution in [0.5, 0.6) is 0 Å². The van der Waals surface area contributed by atoms with Gasteiger partial charge in [-0.05, 0) is 25.3 Å². The van der Waals surface area contributed by atoms with Gasteiger partial charge in [-0.15, -0.1) is 0 Å². The van der Waals surface area contributed by atoms with E-state index in [-0.39, 0.29) is 5.91 Å². The molecule has 2 aliphatic rings. The number of piperidine rings is 1. The van der Waals surface area contributed by atoms with Gasteiger partial charge in [-0.25, -0.2) is 0 Å². The number of morpholine rings is 1. The topological polar surface area (TPSA) is 45.7 Å². The Balaban J connectivity index is 1.74. The minimum absolute atomic E-state index is 0.118. The highest BCUT2D eigenvalue weighted by Crippen LogP contribution is 2.18. The number of hydrogen-bond donors (Lipinski definition) is 0. The van der Waals surface area contributed by atoms with Gasteiger partial charge in [0.1, 0.15) is 0 Å². The van der Waals surface area contributed by atoms with Crippen LogP contribution in [-0.4, -0.2) is 55.2 Å². The van der Waals surface area contributed by atoms with Crippen molar-refractivity contribution in [1.29, 1.82) is 0 Å². The van der Waals surface area contributed by atoms with Crippen molar-refractivity contribution in [3.63, 3.8) is 0 Å². The summed E-state index contributed by atoms with van der Waals surface area (Å²) >= 11 is 0. The molecule has 0 aliphatic carbocycles. The first-order valence-electron chi connectivity index (χ1n) is 7.41. The molecule has 3 heterocycles. The van der Waals surface area contributed by atoms with Gasteiger partial charge in [-0.2, -0.15) is 0 Å². The Kier molecular flexibility index (Phi) is 4.16. The fraction of sp³-hybridized carbons (Fsp3) is 0.600. The van der Waals surface area contributed by atoms with Gasteiger partial charge in [-0.1, -0.05) is 0 Å². The Bertz CT molecular complexity index is 466. The van der Waals surface area contributed by atoms with Crippen LogP contribution in [0.25, 0.3) is 0 Å². The van der Waals surface area contributed by atoms with Crippen molar-refractivity contribution in [1.82, 2.24) is 9.88 Å². The van der Waals surface area contributed by atoms with Crippen LogP contribution in [0.2, 0.25) is 0 Å². The van der Waals surface area contributed by atoms with Crippen LogP contribution >= 0.6 is 0 Å². The lowest BCUT2D eigenvalue weighted by Gasteiger charge is -2.29. The quantitative estimate of drug-likeness (QED) is 0.821. The molecule has 5 heteroatoms.